The van der Waals surface area contributed by atoms with Crippen LogP contribution in [0.15, 0.2) is 18.2 Å². The van der Waals surface area contributed by atoms with Crippen LogP contribution in [0.1, 0.15) is 25.0 Å². The largest absolute Gasteiger partial charge is 0.384 e. The molecular weight excluding hydrogens is 207 g/mol. The average Bonchev–Trinajstić information content (AvgIpc) is 2.23. The van der Waals surface area contributed by atoms with Gasteiger partial charge in [0.2, 0.25) is 0 Å². The molecule has 0 heterocycles. The lowest BCUT2D eigenvalue weighted by Crippen LogP contribution is -2.02. The maximum Gasteiger partial charge on any atom is 0.124 e. The van der Waals surface area contributed by atoms with Crippen LogP contribution in [-0.2, 0) is 11.3 Å². The Bertz CT molecular complexity index is 402. The van der Waals surface area contributed by atoms with E-state index < -0.39 is 0 Å². The van der Waals surface area contributed by atoms with Gasteiger partial charge in [0.15, 0.2) is 0 Å². The summed E-state index contributed by atoms with van der Waals surface area (Å²) < 4.78 is 18.6. The van der Waals surface area contributed by atoms with Gasteiger partial charge in [0.25, 0.3) is 0 Å². The van der Waals surface area contributed by atoms with E-state index >= 15 is 0 Å². The molecule has 2 nitrogen and oxygen atoms in total. The number of hydrogen-bond acceptors (Lipinski definition) is 2. The van der Waals surface area contributed by atoms with E-state index in [9.17, 15) is 4.39 Å². The van der Waals surface area contributed by atoms with Crippen molar-refractivity contribution >= 4 is 0 Å². The molecule has 0 radical (unpaired) electrons. The zero-order valence-electron chi connectivity index (χ0n) is 9.46. The molecule has 86 valence electrons. The Labute approximate surface area is 95.1 Å². The molecule has 0 aliphatic rings. The molecule has 16 heavy (non-hydrogen) atoms. The molecule has 0 saturated carbocycles. The van der Waals surface area contributed by atoms with Crippen LogP contribution >= 0.6 is 0 Å². The van der Waals surface area contributed by atoms with E-state index in [1.807, 2.05) is 13.8 Å². The summed E-state index contributed by atoms with van der Waals surface area (Å²) in [6.07, 6.45) is 0.107. The van der Waals surface area contributed by atoms with Crippen LogP contribution in [0.25, 0.3) is 0 Å². The first-order valence-corrected chi connectivity index (χ1v) is 5.12. The summed E-state index contributed by atoms with van der Waals surface area (Å²) in [5.41, 5.74) is 1.30. The second-order valence-electron chi connectivity index (χ2n) is 3.67. The summed E-state index contributed by atoms with van der Waals surface area (Å²) in [5.74, 6) is 4.81. The van der Waals surface area contributed by atoms with Crippen molar-refractivity contribution in [1.82, 2.24) is 0 Å². The second-order valence-corrected chi connectivity index (χ2v) is 3.67. The Hall–Kier alpha value is -1.37. The third-order valence-corrected chi connectivity index (χ3v) is 1.85. The monoisotopic (exact) mass is 222 g/mol. The molecule has 1 aromatic carbocycles. The van der Waals surface area contributed by atoms with Crippen molar-refractivity contribution in [2.45, 2.75) is 26.6 Å². The zero-order chi connectivity index (χ0) is 12.0. The number of aliphatic hydroxyl groups excluding tert-OH is 1. The molecule has 1 N–H and O–H groups in total. The quantitative estimate of drug-likeness (QED) is 0.793. The van der Waals surface area contributed by atoms with Crippen LogP contribution in [0, 0.1) is 17.7 Å². The summed E-state index contributed by atoms with van der Waals surface area (Å²) in [5, 5.41) is 8.55. The Morgan fingerprint density at radius 2 is 2.12 bits per heavy atom. The molecule has 0 aliphatic heterocycles. The second kappa shape index (κ2) is 6.26. The van der Waals surface area contributed by atoms with Crippen molar-refractivity contribution in [3.8, 4) is 11.8 Å². The van der Waals surface area contributed by atoms with Gasteiger partial charge in [0, 0.05) is 5.56 Å². The van der Waals surface area contributed by atoms with Crippen molar-refractivity contribution in [3.05, 3.63) is 35.1 Å². The molecule has 0 spiro atoms. The fraction of sp³-hybridized carbons (Fsp3) is 0.385. The summed E-state index contributed by atoms with van der Waals surface area (Å²) >= 11 is 0. The minimum absolute atomic E-state index is 0.107. The highest BCUT2D eigenvalue weighted by Gasteiger charge is 2.01. The Kier molecular flexibility index (Phi) is 4.97. The van der Waals surface area contributed by atoms with Crippen molar-refractivity contribution in [2.75, 3.05) is 6.61 Å². The van der Waals surface area contributed by atoms with E-state index in [2.05, 4.69) is 11.8 Å². The fourth-order valence-corrected chi connectivity index (χ4v) is 1.21. The molecule has 0 amide bonds. The Balaban J connectivity index is 2.81. The normalized spacial score (nSPS) is 10.1. The van der Waals surface area contributed by atoms with Crippen molar-refractivity contribution in [2.24, 2.45) is 0 Å². The van der Waals surface area contributed by atoms with E-state index in [0.29, 0.717) is 12.2 Å². The highest BCUT2D eigenvalue weighted by Crippen LogP contribution is 2.10. The lowest BCUT2D eigenvalue weighted by Gasteiger charge is -2.07. The summed E-state index contributed by atoms with van der Waals surface area (Å²) in [6, 6.07) is 4.52. The maximum atomic E-state index is 13.2. The van der Waals surface area contributed by atoms with Gasteiger partial charge in [0.1, 0.15) is 12.4 Å². The molecule has 0 atom stereocenters. The van der Waals surface area contributed by atoms with Gasteiger partial charge in [-0.3, -0.25) is 0 Å². The van der Waals surface area contributed by atoms with Crippen molar-refractivity contribution in [3.63, 3.8) is 0 Å². The minimum atomic E-state index is -0.341. The molecule has 0 aromatic heterocycles. The Morgan fingerprint density at radius 1 is 1.38 bits per heavy atom. The number of halogens is 1. The van der Waals surface area contributed by atoms with E-state index in [4.69, 9.17) is 9.84 Å². The van der Waals surface area contributed by atoms with E-state index in [1.54, 1.807) is 6.07 Å². The van der Waals surface area contributed by atoms with Gasteiger partial charge in [-0.15, -0.1) is 0 Å². The van der Waals surface area contributed by atoms with Crippen molar-refractivity contribution in [1.29, 1.82) is 0 Å². The highest BCUT2D eigenvalue weighted by atomic mass is 19.1. The van der Waals surface area contributed by atoms with E-state index in [0.717, 1.165) is 5.56 Å². The van der Waals surface area contributed by atoms with E-state index in [1.165, 1.54) is 12.1 Å². The summed E-state index contributed by atoms with van der Waals surface area (Å²) in [4.78, 5) is 0. The van der Waals surface area contributed by atoms with Gasteiger partial charge in [-0.2, -0.15) is 0 Å². The topological polar surface area (TPSA) is 29.5 Å². The molecule has 0 bridgehead atoms. The summed E-state index contributed by atoms with van der Waals surface area (Å²) in [6.45, 7) is 3.98. The van der Waals surface area contributed by atoms with Gasteiger partial charge >= 0.3 is 0 Å². The first-order valence-electron chi connectivity index (χ1n) is 5.12. The Morgan fingerprint density at radius 3 is 2.75 bits per heavy atom. The van der Waals surface area contributed by atoms with Gasteiger partial charge in [0.05, 0.1) is 12.7 Å². The minimum Gasteiger partial charge on any atom is -0.384 e. The van der Waals surface area contributed by atoms with Gasteiger partial charge in [-0.05, 0) is 37.6 Å². The standard InChI is InChI=1S/C13H15FO2/c1-10(2)16-9-12-6-11(4-3-5-15)7-13(14)8-12/h6-8,10,15H,5,9H2,1-2H3. The smallest absolute Gasteiger partial charge is 0.124 e. The SMILES string of the molecule is CC(C)OCc1cc(F)cc(C#CCO)c1. The third kappa shape index (κ3) is 4.43. The van der Waals surface area contributed by atoms with Crippen LogP contribution in [0.5, 0.6) is 0 Å². The predicted molar refractivity (Wildman–Crippen MR) is 60.3 cm³/mol. The maximum absolute atomic E-state index is 13.2. The van der Waals surface area contributed by atoms with Crippen LogP contribution in [0.2, 0.25) is 0 Å². The number of hydrogen-bond donors (Lipinski definition) is 1. The molecule has 1 aromatic rings. The number of ether oxygens (including phenoxy) is 1. The average molecular weight is 222 g/mol. The highest BCUT2D eigenvalue weighted by molar-refractivity contribution is 5.37. The first kappa shape index (κ1) is 12.7. The lowest BCUT2D eigenvalue weighted by molar-refractivity contribution is 0.0655. The number of aliphatic hydroxyl groups is 1. The van der Waals surface area contributed by atoms with Crippen LogP contribution < -0.4 is 0 Å². The third-order valence-electron chi connectivity index (χ3n) is 1.85. The molecule has 0 aliphatic carbocycles. The number of rotatable bonds is 3. The molecule has 3 heteroatoms. The fourth-order valence-electron chi connectivity index (χ4n) is 1.21. The van der Waals surface area contributed by atoms with Gasteiger partial charge in [-0.1, -0.05) is 11.8 Å². The lowest BCUT2D eigenvalue weighted by atomic mass is 10.1. The van der Waals surface area contributed by atoms with Gasteiger partial charge in [-0.25, -0.2) is 4.39 Å². The predicted octanol–water partition coefficient (Wildman–Crippen LogP) is 2.09. The van der Waals surface area contributed by atoms with Crippen LogP contribution in [0.4, 0.5) is 4.39 Å². The van der Waals surface area contributed by atoms with Crippen molar-refractivity contribution < 1.29 is 14.2 Å². The van der Waals surface area contributed by atoms with Crippen LogP contribution in [-0.4, -0.2) is 17.8 Å². The van der Waals surface area contributed by atoms with E-state index in [-0.39, 0.29) is 18.5 Å². The zero-order valence-corrected chi connectivity index (χ0v) is 9.46. The number of benzene rings is 1. The first-order chi connectivity index (χ1) is 7.61. The van der Waals surface area contributed by atoms with Crippen LogP contribution in [0.3, 0.4) is 0 Å². The molecule has 1 rings (SSSR count). The summed E-state index contributed by atoms with van der Waals surface area (Å²) in [7, 11) is 0. The molecule has 0 saturated heterocycles. The van der Waals surface area contributed by atoms with Gasteiger partial charge < -0.3 is 9.84 Å². The molecule has 0 fully saturated rings. The molecule has 0 unspecified atom stereocenters. The molecular formula is C13H15FO2.